The van der Waals surface area contributed by atoms with E-state index in [9.17, 15) is 63.6 Å². The standard InChI is InChI=1S/C60H88N14O14.Lu/c1-2-50(76)64-25-26-66-60(87)69-59(61)65-23-8-12-49(57(85)67-36-43-14-18-47(75)19-15-43)68-58(86)56(74-37-45-10-5-6-11-46(45)38-74)44-16-20-48(21-17-44)88-35-9-24-62-51(77)13-4-3-7-22-63-52(78)39-70-27-29-71(40-53(79)80)31-33-73(42-55(83)84)34-32-72(30-28-70)41-54(81)82;/h5-6,10-11,14-21,49,56,75H,2-4,7-9,12-13,22-42H2,1H3,(H,62,77)(H,63,78)(H,64,76)(H,67,85)(H,68,86)(H,79,80)(H,81,82)(H,83,84)(H4,61,65,66,69,87);/t49-,56+;/m1./s1. The predicted molar refractivity (Wildman–Crippen MR) is 326 cm³/mol. The summed E-state index contributed by atoms with van der Waals surface area (Å²) in [6.45, 7) is 6.04. The van der Waals surface area contributed by atoms with E-state index in [0.29, 0.717) is 115 Å². The number of aliphatic imine (C=N–C) groups is 1. The maximum absolute atomic E-state index is 14.6. The van der Waals surface area contributed by atoms with Crippen LogP contribution in [-0.4, -0.2) is 228 Å². The fourth-order valence-corrected chi connectivity index (χ4v) is 9.90. The van der Waals surface area contributed by atoms with Gasteiger partial charge in [-0.15, -0.1) is 0 Å². The summed E-state index contributed by atoms with van der Waals surface area (Å²) < 4.78 is 6.03. The van der Waals surface area contributed by atoms with E-state index in [1.165, 1.54) is 12.1 Å². The number of nitrogens with one attached hydrogen (secondary N) is 7. The zero-order chi connectivity index (χ0) is 63.6. The minimum atomic E-state index is -1.04. The summed E-state index contributed by atoms with van der Waals surface area (Å²) in [6, 6.07) is 19.1. The number of guanidine groups is 1. The Labute approximate surface area is 548 Å². The van der Waals surface area contributed by atoms with Crippen LogP contribution < -0.4 is 47.7 Å². The van der Waals surface area contributed by atoms with Crippen LogP contribution in [0.1, 0.15) is 86.6 Å². The monoisotopic (exact) mass is 1400 g/mol. The molecule has 497 valence electrons. The maximum Gasteiger partial charge on any atom is 0.321 e. The first-order chi connectivity index (χ1) is 42.3. The minimum Gasteiger partial charge on any atom is -0.508 e. The quantitative estimate of drug-likeness (QED) is 0.0216. The summed E-state index contributed by atoms with van der Waals surface area (Å²) in [5.41, 5.74) is 9.52. The third-order valence-corrected chi connectivity index (χ3v) is 14.6. The summed E-state index contributed by atoms with van der Waals surface area (Å²) in [5.74, 6) is -3.96. The first-order valence-corrected chi connectivity index (χ1v) is 29.9. The van der Waals surface area contributed by atoms with Crippen molar-refractivity contribution >= 4 is 59.4 Å². The van der Waals surface area contributed by atoms with E-state index in [4.69, 9.17) is 10.5 Å². The van der Waals surface area contributed by atoms with Crippen molar-refractivity contribution in [3.8, 4) is 11.5 Å². The Morgan fingerprint density at radius 1 is 0.584 bits per heavy atom. The molecule has 0 bridgehead atoms. The molecule has 29 heteroatoms. The molecule has 1 saturated heterocycles. The molecule has 7 amide bonds. The van der Waals surface area contributed by atoms with Gasteiger partial charge in [0.25, 0.3) is 0 Å². The van der Waals surface area contributed by atoms with Gasteiger partial charge in [0.05, 0.1) is 32.8 Å². The van der Waals surface area contributed by atoms with E-state index < -0.39 is 47.8 Å². The molecule has 3 aromatic rings. The third-order valence-electron chi connectivity index (χ3n) is 14.6. The van der Waals surface area contributed by atoms with Gasteiger partial charge in [0, 0.05) is 154 Å². The van der Waals surface area contributed by atoms with E-state index >= 15 is 0 Å². The van der Waals surface area contributed by atoms with Crippen LogP contribution in [-0.2, 0) is 58.0 Å². The fraction of sp³-hybridized carbons (Fsp3) is 0.533. The molecule has 2 atom stereocenters. The van der Waals surface area contributed by atoms with Gasteiger partial charge in [0.2, 0.25) is 29.5 Å². The second-order valence-corrected chi connectivity index (χ2v) is 21.6. The Balaban J connectivity index is 0.0000169. The number of carboxylic acid groups (broad SMARTS) is 3. The number of carboxylic acids is 3. The molecular weight excluding hydrogens is 1320 g/mol. The summed E-state index contributed by atoms with van der Waals surface area (Å²) in [4.78, 5) is 126. The second kappa shape index (κ2) is 41.2. The molecule has 2 aliphatic rings. The number of nitrogens with two attached hydrogens (primary N) is 1. The number of fused-ring (bicyclic) bond motifs is 1. The van der Waals surface area contributed by atoms with Crippen LogP contribution in [0.4, 0.5) is 4.79 Å². The molecule has 2 heterocycles. The number of aromatic hydroxyl groups is 1. The van der Waals surface area contributed by atoms with Gasteiger partial charge >= 0.3 is 23.9 Å². The van der Waals surface area contributed by atoms with E-state index in [0.717, 1.165) is 16.7 Å². The number of carbonyl (C=O) groups excluding carboxylic acids is 6. The number of rotatable bonds is 34. The molecule has 5 rings (SSSR count). The zero-order valence-electron chi connectivity index (χ0n) is 50.5. The molecule has 0 aromatic heterocycles. The van der Waals surface area contributed by atoms with Crippen LogP contribution >= 0.6 is 0 Å². The van der Waals surface area contributed by atoms with Gasteiger partial charge in [-0.3, -0.25) is 73.2 Å². The molecule has 0 saturated carbocycles. The minimum absolute atomic E-state index is 0. The number of phenolic OH excluding ortho intramolecular Hbond substituents is 1. The first kappa shape index (κ1) is 74.3. The second-order valence-electron chi connectivity index (χ2n) is 21.6. The van der Waals surface area contributed by atoms with Crippen LogP contribution in [0.25, 0.3) is 0 Å². The number of unbranched alkanes of at least 4 members (excludes halogenated alkanes) is 2. The van der Waals surface area contributed by atoms with E-state index in [-0.39, 0.29) is 151 Å². The number of nitrogens with zero attached hydrogens (tertiary/aromatic N) is 6. The van der Waals surface area contributed by atoms with Crippen LogP contribution in [0.3, 0.4) is 0 Å². The smallest absolute Gasteiger partial charge is 0.321 e. The number of benzene rings is 3. The van der Waals surface area contributed by atoms with Crippen LogP contribution in [0.5, 0.6) is 11.5 Å². The largest absolute Gasteiger partial charge is 0.508 e. The Morgan fingerprint density at radius 2 is 1.11 bits per heavy atom. The molecule has 0 aliphatic carbocycles. The normalized spacial score (nSPS) is 15.3. The van der Waals surface area contributed by atoms with Crippen molar-refractivity contribution in [2.45, 2.75) is 90.0 Å². The number of hydrogen-bond acceptors (Lipinski definition) is 17. The third kappa shape index (κ3) is 29.8. The van der Waals surface area contributed by atoms with Gasteiger partial charge in [-0.05, 0) is 78.6 Å². The van der Waals surface area contributed by atoms with Crippen molar-refractivity contribution in [1.82, 2.24) is 61.7 Å². The number of phenols is 1. The Morgan fingerprint density at radius 3 is 1.67 bits per heavy atom. The van der Waals surface area contributed by atoms with Crippen molar-refractivity contribution in [3.63, 3.8) is 0 Å². The van der Waals surface area contributed by atoms with Crippen LogP contribution in [0.15, 0.2) is 77.8 Å². The zero-order valence-corrected chi connectivity index (χ0v) is 52.1. The number of urea groups is 1. The summed E-state index contributed by atoms with van der Waals surface area (Å²) in [5, 5.41) is 57.6. The van der Waals surface area contributed by atoms with E-state index in [1.54, 1.807) is 45.9 Å². The number of aliphatic carboxylic acids is 3. The molecule has 28 nitrogen and oxygen atoms in total. The fourth-order valence-electron chi connectivity index (χ4n) is 9.90. The van der Waals surface area contributed by atoms with Gasteiger partial charge in [0.1, 0.15) is 23.6 Å². The van der Waals surface area contributed by atoms with Gasteiger partial charge in [0.15, 0.2) is 5.96 Å². The molecule has 0 unspecified atom stereocenters. The maximum atomic E-state index is 14.6. The topological polar surface area (TPSA) is 383 Å². The van der Waals surface area contributed by atoms with Gasteiger partial charge in [-0.25, -0.2) is 4.79 Å². The molecule has 1 fully saturated rings. The number of carbonyl (C=O) groups is 9. The SMILES string of the molecule is CCC(=O)NCCNC(=O)NC(N)=NCCC[C@@H](NC(=O)[C@H](c1ccc(OCCCNC(=O)CCCCCNC(=O)CN2CCN(CC(=O)O)CCN(CC(=O)O)CCN(CC(=O)O)CC2)cc1)N1Cc2ccccc2C1)C(=O)NCc1ccc(O)cc1.[Lu]. The Hall–Kier alpha value is -7.21. The summed E-state index contributed by atoms with van der Waals surface area (Å²) in [6.07, 6.45) is 3.54. The van der Waals surface area contributed by atoms with Crippen LogP contribution in [0, 0.1) is 36.9 Å². The Kier molecular flexibility index (Phi) is 34.3. The van der Waals surface area contributed by atoms with Crippen molar-refractivity contribution in [3.05, 3.63) is 95.1 Å². The van der Waals surface area contributed by atoms with Gasteiger partial charge in [-0.2, -0.15) is 0 Å². The average Bonchev–Trinajstić information content (AvgIpc) is 2.09. The van der Waals surface area contributed by atoms with Crippen molar-refractivity contribution < 1.29 is 105 Å². The van der Waals surface area contributed by atoms with Crippen molar-refractivity contribution in [1.29, 1.82) is 0 Å². The number of hydrogen-bond donors (Lipinski definition) is 12. The predicted octanol–water partition coefficient (Wildman–Crippen LogP) is 0.208. The number of amides is 7. The van der Waals surface area contributed by atoms with Gasteiger partial charge < -0.3 is 62.8 Å². The van der Waals surface area contributed by atoms with Crippen molar-refractivity contribution in [2.24, 2.45) is 10.7 Å². The Bertz CT molecular complexity index is 2720. The van der Waals surface area contributed by atoms with E-state index in [2.05, 4.69) is 42.2 Å². The molecular formula is C60H88LuN14O14. The van der Waals surface area contributed by atoms with Crippen LogP contribution in [0.2, 0.25) is 0 Å². The molecule has 13 N–H and O–H groups in total. The first-order valence-electron chi connectivity index (χ1n) is 29.9. The van der Waals surface area contributed by atoms with Crippen molar-refractivity contribution in [2.75, 3.05) is 118 Å². The molecule has 1 radical (unpaired) electrons. The summed E-state index contributed by atoms with van der Waals surface area (Å²) >= 11 is 0. The molecule has 89 heavy (non-hydrogen) atoms. The molecule has 0 spiro atoms. The summed E-state index contributed by atoms with van der Waals surface area (Å²) in [7, 11) is 0. The molecule has 3 aromatic carbocycles. The molecule has 2 aliphatic heterocycles. The number of ether oxygens (including phenoxy) is 1. The van der Waals surface area contributed by atoms with Gasteiger partial charge in [-0.1, -0.05) is 61.9 Å². The van der Waals surface area contributed by atoms with E-state index in [1.807, 2.05) is 46.2 Å². The average molecular weight is 1400 g/mol.